The van der Waals surface area contributed by atoms with Crippen LogP contribution in [0.3, 0.4) is 0 Å². The van der Waals surface area contributed by atoms with Crippen molar-refractivity contribution in [2.75, 3.05) is 6.61 Å². The van der Waals surface area contributed by atoms with Crippen molar-refractivity contribution in [3.63, 3.8) is 0 Å². The molecule has 4 heteroatoms. The number of aliphatic hydroxyl groups excluding tert-OH is 1. The Morgan fingerprint density at radius 2 is 1.22 bits per heavy atom. The summed E-state index contributed by atoms with van der Waals surface area (Å²) in [5.41, 5.74) is -0.154. The molecule has 0 radical (unpaired) electrons. The molecule has 0 amide bonds. The second-order valence-electron chi connectivity index (χ2n) is 3.98. The fourth-order valence-corrected chi connectivity index (χ4v) is 3.13. The summed E-state index contributed by atoms with van der Waals surface area (Å²) in [5, 5.41) is 20.5. The van der Waals surface area contributed by atoms with E-state index in [4.69, 9.17) is 0 Å². The van der Waals surface area contributed by atoms with Crippen LogP contribution in [0.5, 0.6) is 0 Å². The number of rotatable bonds is 3. The van der Waals surface area contributed by atoms with Gasteiger partial charge in [-0.05, 0) is 12.1 Å². The predicted molar refractivity (Wildman–Crippen MR) is 78.4 cm³/mol. The fourth-order valence-electron chi connectivity index (χ4n) is 1.91. The van der Waals surface area contributed by atoms with Gasteiger partial charge >= 0.3 is 0 Å². The smallest absolute Gasteiger partial charge is 0.140 e. The van der Waals surface area contributed by atoms with Gasteiger partial charge in [-0.2, -0.15) is 0 Å². The summed E-state index contributed by atoms with van der Waals surface area (Å²) >= 11 is 6.82. The van der Waals surface area contributed by atoms with Gasteiger partial charge in [0.15, 0.2) is 0 Å². The van der Waals surface area contributed by atoms with Crippen molar-refractivity contribution >= 4 is 31.9 Å². The Bertz CT molecular complexity index is 509. The molecule has 0 bridgehead atoms. The molecule has 2 aromatic carbocycles. The van der Waals surface area contributed by atoms with Gasteiger partial charge in [-0.15, -0.1) is 0 Å². The highest BCUT2D eigenvalue weighted by Crippen LogP contribution is 2.37. The summed E-state index contributed by atoms with van der Waals surface area (Å²) in [6, 6.07) is 14.7. The molecule has 0 aliphatic carbocycles. The Labute approximate surface area is 123 Å². The second-order valence-corrected chi connectivity index (χ2v) is 5.69. The zero-order chi connectivity index (χ0) is 13.2. The summed E-state index contributed by atoms with van der Waals surface area (Å²) in [6.07, 6.45) is 0. The third-order valence-corrected chi connectivity index (χ3v) is 4.25. The monoisotopic (exact) mass is 370 g/mol. The van der Waals surface area contributed by atoms with Crippen LogP contribution in [0.25, 0.3) is 0 Å². The number of benzene rings is 2. The molecule has 18 heavy (non-hydrogen) atoms. The maximum Gasteiger partial charge on any atom is 0.140 e. The Morgan fingerprint density at radius 1 is 0.833 bits per heavy atom. The summed E-state index contributed by atoms with van der Waals surface area (Å²) < 4.78 is 1.52. The van der Waals surface area contributed by atoms with Gasteiger partial charge in [0, 0.05) is 20.1 Å². The van der Waals surface area contributed by atoms with Gasteiger partial charge in [0.25, 0.3) is 0 Å². The molecule has 0 saturated carbocycles. The lowest BCUT2D eigenvalue weighted by molar-refractivity contribution is 0.0161. The molecule has 0 atom stereocenters. The molecule has 0 spiro atoms. The highest BCUT2D eigenvalue weighted by molar-refractivity contribution is 9.10. The van der Waals surface area contributed by atoms with Crippen LogP contribution in [0.1, 0.15) is 11.1 Å². The molecule has 0 aliphatic heterocycles. The van der Waals surface area contributed by atoms with Crippen molar-refractivity contribution in [1.29, 1.82) is 0 Å². The topological polar surface area (TPSA) is 40.5 Å². The first-order chi connectivity index (χ1) is 8.59. The van der Waals surface area contributed by atoms with E-state index < -0.39 is 12.2 Å². The standard InChI is InChI=1S/C14H12Br2O2/c15-12-7-3-1-5-10(12)14(18,9-17)11-6-2-4-8-13(11)16/h1-8,17-18H,9H2. The minimum absolute atomic E-state index is 0.391. The van der Waals surface area contributed by atoms with Crippen LogP contribution in [0.2, 0.25) is 0 Å². The Balaban J connectivity index is 2.63. The van der Waals surface area contributed by atoms with Crippen LogP contribution in [0, 0.1) is 0 Å². The SMILES string of the molecule is OCC(O)(c1ccccc1Br)c1ccccc1Br. The molecule has 0 aromatic heterocycles. The molecular weight excluding hydrogens is 360 g/mol. The molecule has 2 rings (SSSR count). The number of halogens is 2. The van der Waals surface area contributed by atoms with Gasteiger partial charge in [0.1, 0.15) is 5.60 Å². The van der Waals surface area contributed by atoms with Crippen molar-refractivity contribution in [2.24, 2.45) is 0 Å². The molecule has 0 aliphatic rings. The highest BCUT2D eigenvalue weighted by atomic mass is 79.9. The van der Waals surface area contributed by atoms with E-state index in [1.54, 1.807) is 12.1 Å². The Hall–Kier alpha value is -0.680. The van der Waals surface area contributed by atoms with E-state index in [1.165, 1.54) is 0 Å². The van der Waals surface area contributed by atoms with Gasteiger partial charge < -0.3 is 10.2 Å². The van der Waals surface area contributed by atoms with E-state index in [0.29, 0.717) is 11.1 Å². The lowest BCUT2D eigenvalue weighted by atomic mass is 9.87. The van der Waals surface area contributed by atoms with Crippen LogP contribution in [0.4, 0.5) is 0 Å². The van der Waals surface area contributed by atoms with Gasteiger partial charge in [-0.25, -0.2) is 0 Å². The zero-order valence-electron chi connectivity index (χ0n) is 9.48. The van der Waals surface area contributed by atoms with E-state index in [0.717, 1.165) is 8.95 Å². The second kappa shape index (κ2) is 5.53. The first-order valence-electron chi connectivity index (χ1n) is 5.43. The van der Waals surface area contributed by atoms with E-state index >= 15 is 0 Å². The summed E-state index contributed by atoms with van der Waals surface area (Å²) in [7, 11) is 0. The van der Waals surface area contributed by atoms with E-state index in [2.05, 4.69) is 31.9 Å². The quantitative estimate of drug-likeness (QED) is 0.867. The molecule has 2 nitrogen and oxygen atoms in total. The molecule has 0 saturated heterocycles. The average Bonchev–Trinajstić information content (AvgIpc) is 2.39. The third-order valence-electron chi connectivity index (χ3n) is 2.87. The van der Waals surface area contributed by atoms with Crippen molar-refractivity contribution in [2.45, 2.75) is 5.60 Å². The maximum atomic E-state index is 10.8. The molecule has 2 aromatic rings. The summed E-state index contributed by atoms with van der Waals surface area (Å²) in [4.78, 5) is 0. The number of aliphatic hydroxyl groups is 2. The van der Waals surface area contributed by atoms with Crippen molar-refractivity contribution in [1.82, 2.24) is 0 Å². The van der Waals surface area contributed by atoms with Crippen molar-refractivity contribution in [3.8, 4) is 0 Å². The Kier molecular flexibility index (Phi) is 4.22. The number of hydrogen-bond donors (Lipinski definition) is 2. The van der Waals surface area contributed by atoms with Gasteiger partial charge in [0.2, 0.25) is 0 Å². The lowest BCUT2D eigenvalue weighted by Gasteiger charge is -2.29. The highest BCUT2D eigenvalue weighted by Gasteiger charge is 2.34. The van der Waals surface area contributed by atoms with E-state index in [9.17, 15) is 10.2 Å². The Morgan fingerprint density at radius 3 is 1.56 bits per heavy atom. The lowest BCUT2D eigenvalue weighted by Crippen LogP contribution is -2.32. The van der Waals surface area contributed by atoms with E-state index in [-0.39, 0.29) is 0 Å². The minimum atomic E-state index is -1.43. The first-order valence-corrected chi connectivity index (χ1v) is 7.01. The van der Waals surface area contributed by atoms with Gasteiger partial charge in [0.05, 0.1) is 6.61 Å². The molecule has 2 N–H and O–H groups in total. The zero-order valence-corrected chi connectivity index (χ0v) is 12.6. The van der Waals surface area contributed by atoms with Gasteiger partial charge in [-0.1, -0.05) is 68.3 Å². The van der Waals surface area contributed by atoms with Crippen LogP contribution < -0.4 is 0 Å². The maximum absolute atomic E-state index is 10.8. The molecule has 94 valence electrons. The molecular formula is C14H12Br2O2. The van der Waals surface area contributed by atoms with Crippen molar-refractivity contribution in [3.05, 3.63) is 68.6 Å². The van der Waals surface area contributed by atoms with Gasteiger partial charge in [-0.3, -0.25) is 0 Å². The summed E-state index contributed by atoms with van der Waals surface area (Å²) in [5.74, 6) is 0. The summed E-state index contributed by atoms with van der Waals surface area (Å²) in [6.45, 7) is -0.391. The number of hydrogen-bond acceptors (Lipinski definition) is 2. The predicted octanol–water partition coefficient (Wildman–Crippen LogP) is 3.44. The van der Waals surface area contributed by atoms with Crippen LogP contribution in [-0.4, -0.2) is 16.8 Å². The average molecular weight is 372 g/mol. The largest absolute Gasteiger partial charge is 0.393 e. The van der Waals surface area contributed by atoms with Crippen LogP contribution >= 0.6 is 31.9 Å². The van der Waals surface area contributed by atoms with Crippen LogP contribution in [-0.2, 0) is 5.60 Å². The minimum Gasteiger partial charge on any atom is -0.393 e. The van der Waals surface area contributed by atoms with Crippen LogP contribution in [0.15, 0.2) is 57.5 Å². The van der Waals surface area contributed by atoms with Crippen molar-refractivity contribution < 1.29 is 10.2 Å². The molecule has 0 fully saturated rings. The molecule has 0 heterocycles. The normalized spacial score (nSPS) is 11.6. The first kappa shape index (κ1) is 13.7. The molecule has 0 unspecified atom stereocenters. The van der Waals surface area contributed by atoms with E-state index in [1.807, 2.05) is 36.4 Å². The fraction of sp³-hybridized carbons (Fsp3) is 0.143. The third kappa shape index (κ3) is 2.38.